The van der Waals surface area contributed by atoms with Crippen LogP contribution in [0, 0.1) is 0 Å². The minimum absolute atomic E-state index is 0.0269. The maximum absolute atomic E-state index is 12.4. The van der Waals surface area contributed by atoms with Crippen molar-refractivity contribution in [3.8, 4) is 5.75 Å². The molecule has 114 valence electrons. The van der Waals surface area contributed by atoms with Gasteiger partial charge in [0.25, 0.3) is 11.8 Å². The SMILES string of the molecule is O=C1COc2cccc(NC(=O)c3ccc4nc[nH]c4c3)c2N1. The molecular weight excluding hydrogens is 296 g/mol. The molecular formula is C16H12N4O3. The number of aromatic nitrogens is 2. The highest BCUT2D eigenvalue weighted by Crippen LogP contribution is 2.35. The molecule has 4 rings (SSSR count). The van der Waals surface area contributed by atoms with Crippen molar-refractivity contribution in [2.75, 3.05) is 17.2 Å². The number of benzene rings is 2. The van der Waals surface area contributed by atoms with Gasteiger partial charge in [-0.05, 0) is 30.3 Å². The van der Waals surface area contributed by atoms with E-state index in [1.54, 1.807) is 42.7 Å². The van der Waals surface area contributed by atoms with Crippen molar-refractivity contribution in [2.24, 2.45) is 0 Å². The highest BCUT2D eigenvalue weighted by Gasteiger charge is 2.20. The molecule has 2 aromatic carbocycles. The quantitative estimate of drug-likeness (QED) is 0.676. The Kier molecular flexibility index (Phi) is 2.97. The van der Waals surface area contributed by atoms with Crippen molar-refractivity contribution in [1.29, 1.82) is 0 Å². The molecule has 2 amide bonds. The minimum Gasteiger partial charge on any atom is -0.481 e. The molecule has 0 fully saturated rings. The smallest absolute Gasteiger partial charge is 0.262 e. The molecule has 0 aliphatic carbocycles. The van der Waals surface area contributed by atoms with E-state index < -0.39 is 0 Å². The normalized spacial score (nSPS) is 13.1. The Bertz CT molecular complexity index is 932. The average molecular weight is 308 g/mol. The lowest BCUT2D eigenvalue weighted by atomic mass is 10.1. The monoisotopic (exact) mass is 308 g/mol. The molecule has 0 spiro atoms. The summed E-state index contributed by atoms with van der Waals surface area (Å²) in [7, 11) is 0. The number of nitrogens with zero attached hydrogens (tertiary/aromatic N) is 1. The molecule has 0 saturated heterocycles. The molecule has 23 heavy (non-hydrogen) atoms. The van der Waals surface area contributed by atoms with E-state index >= 15 is 0 Å². The zero-order chi connectivity index (χ0) is 15.8. The van der Waals surface area contributed by atoms with Crippen LogP contribution < -0.4 is 15.4 Å². The Hall–Kier alpha value is -3.35. The van der Waals surface area contributed by atoms with Crippen LogP contribution >= 0.6 is 0 Å². The Balaban J connectivity index is 1.65. The number of H-pyrrole nitrogens is 1. The fourth-order valence-corrected chi connectivity index (χ4v) is 2.47. The number of rotatable bonds is 2. The van der Waals surface area contributed by atoms with Gasteiger partial charge in [0.05, 0.1) is 23.0 Å². The van der Waals surface area contributed by atoms with E-state index in [4.69, 9.17) is 4.74 Å². The number of ether oxygens (including phenoxy) is 1. The first kappa shape index (κ1) is 13.3. The standard InChI is InChI=1S/C16H12N4O3/c21-14-7-23-13-3-1-2-11(15(13)20-14)19-16(22)9-4-5-10-12(6-9)18-8-17-10/h1-6,8H,7H2,(H,17,18)(H,19,22)(H,20,21). The van der Waals surface area contributed by atoms with Crippen LogP contribution in [0.1, 0.15) is 10.4 Å². The van der Waals surface area contributed by atoms with Gasteiger partial charge in [0.1, 0.15) is 11.4 Å². The van der Waals surface area contributed by atoms with Crippen molar-refractivity contribution in [3.05, 3.63) is 48.3 Å². The number of hydrogen-bond donors (Lipinski definition) is 3. The van der Waals surface area contributed by atoms with Crippen molar-refractivity contribution < 1.29 is 14.3 Å². The highest BCUT2D eigenvalue weighted by atomic mass is 16.5. The van der Waals surface area contributed by atoms with Gasteiger partial charge in [-0.3, -0.25) is 9.59 Å². The first-order chi connectivity index (χ1) is 11.2. The van der Waals surface area contributed by atoms with Crippen LogP contribution in [0.4, 0.5) is 11.4 Å². The lowest BCUT2D eigenvalue weighted by Crippen LogP contribution is -2.26. The van der Waals surface area contributed by atoms with Gasteiger partial charge in [-0.2, -0.15) is 0 Å². The minimum atomic E-state index is -0.283. The number of anilines is 2. The first-order valence-corrected chi connectivity index (χ1v) is 7.01. The summed E-state index contributed by atoms with van der Waals surface area (Å²) >= 11 is 0. The third-order valence-electron chi connectivity index (χ3n) is 3.58. The summed E-state index contributed by atoms with van der Waals surface area (Å²) < 4.78 is 5.33. The van der Waals surface area contributed by atoms with Gasteiger partial charge in [-0.15, -0.1) is 0 Å². The lowest BCUT2D eigenvalue weighted by molar-refractivity contribution is -0.118. The van der Waals surface area contributed by atoms with E-state index in [-0.39, 0.29) is 18.4 Å². The molecule has 0 atom stereocenters. The molecule has 3 N–H and O–H groups in total. The number of para-hydroxylation sites is 1. The summed E-state index contributed by atoms with van der Waals surface area (Å²) in [6.45, 7) is -0.0269. The number of hydrogen-bond acceptors (Lipinski definition) is 4. The third kappa shape index (κ3) is 2.38. The van der Waals surface area contributed by atoms with Crippen LogP contribution in [-0.4, -0.2) is 28.4 Å². The number of carbonyl (C=O) groups is 2. The van der Waals surface area contributed by atoms with Crippen LogP contribution in [0.2, 0.25) is 0 Å². The van der Waals surface area contributed by atoms with E-state index in [1.165, 1.54) is 0 Å². The summed E-state index contributed by atoms with van der Waals surface area (Å²) in [5.74, 6) is -0.000721. The molecule has 1 aromatic heterocycles. The Morgan fingerprint density at radius 2 is 2.17 bits per heavy atom. The number of aromatic amines is 1. The molecule has 0 radical (unpaired) electrons. The number of imidazole rings is 1. The maximum atomic E-state index is 12.4. The molecule has 1 aliphatic heterocycles. The second kappa shape index (κ2) is 5.13. The first-order valence-electron chi connectivity index (χ1n) is 7.01. The number of nitrogens with one attached hydrogen (secondary N) is 3. The van der Waals surface area contributed by atoms with E-state index in [0.29, 0.717) is 22.7 Å². The van der Waals surface area contributed by atoms with Crippen LogP contribution in [-0.2, 0) is 4.79 Å². The Labute approximate surface area is 130 Å². The van der Waals surface area contributed by atoms with Gasteiger partial charge < -0.3 is 20.4 Å². The van der Waals surface area contributed by atoms with Gasteiger partial charge in [0.2, 0.25) is 0 Å². The Morgan fingerprint density at radius 1 is 1.26 bits per heavy atom. The second-order valence-corrected chi connectivity index (χ2v) is 5.10. The van der Waals surface area contributed by atoms with Gasteiger partial charge >= 0.3 is 0 Å². The lowest BCUT2D eigenvalue weighted by Gasteiger charge is -2.20. The predicted octanol–water partition coefficient (Wildman–Crippen LogP) is 2.15. The summed E-state index contributed by atoms with van der Waals surface area (Å²) in [5, 5.41) is 5.51. The largest absolute Gasteiger partial charge is 0.481 e. The molecule has 2 heterocycles. The van der Waals surface area contributed by atoms with Crippen LogP contribution in [0.3, 0.4) is 0 Å². The summed E-state index contributed by atoms with van der Waals surface area (Å²) in [4.78, 5) is 31.0. The van der Waals surface area contributed by atoms with E-state index in [9.17, 15) is 9.59 Å². The molecule has 3 aromatic rings. The van der Waals surface area contributed by atoms with E-state index in [2.05, 4.69) is 20.6 Å². The predicted molar refractivity (Wildman–Crippen MR) is 84.6 cm³/mol. The molecule has 0 unspecified atom stereocenters. The molecule has 0 bridgehead atoms. The molecule has 7 nitrogen and oxygen atoms in total. The summed E-state index contributed by atoms with van der Waals surface area (Å²) in [5.41, 5.74) is 3.02. The Morgan fingerprint density at radius 3 is 3.09 bits per heavy atom. The molecule has 1 aliphatic rings. The fourth-order valence-electron chi connectivity index (χ4n) is 2.47. The van der Waals surface area contributed by atoms with Crippen LogP contribution in [0.15, 0.2) is 42.7 Å². The highest BCUT2D eigenvalue weighted by molar-refractivity contribution is 6.09. The van der Waals surface area contributed by atoms with E-state index in [1.807, 2.05) is 0 Å². The number of amides is 2. The van der Waals surface area contributed by atoms with Crippen LogP contribution in [0.25, 0.3) is 11.0 Å². The zero-order valence-corrected chi connectivity index (χ0v) is 11.9. The average Bonchev–Trinajstić information content (AvgIpc) is 3.03. The number of fused-ring (bicyclic) bond motifs is 2. The van der Waals surface area contributed by atoms with Crippen LogP contribution in [0.5, 0.6) is 5.75 Å². The van der Waals surface area contributed by atoms with E-state index in [0.717, 1.165) is 11.0 Å². The van der Waals surface area contributed by atoms with Gasteiger partial charge in [-0.25, -0.2) is 4.98 Å². The molecule has 0 saturated carbocycles. The fraction of sp³-hybridized carbons (Fsp3) is 0.0625. The van der Waals surface area contributed by atoms with Gasteiger partial charge in [-0.1, -0.05) is 6.07 Å². The number of carbonyl (C=O) groups excluding carboxylic acids is 2. The van der Waals surface area contributed by atoms with Crippen molar-refractivity contribution in [3.63, 3.8) is 0 Å². The van der Waals surface area contributed by atoms with Crippen molar-refractivity contribution >= 4 is 34.2 Å². The second-order valence-electron chi connectivity index (χ2n) is 5.10. The summed E-state index contributed by atoms with van der Waals surface area (Å²) in [6, 6.07) is 10.4. The summed E-state index contributed by atoms with van der Waals surface area (Å²) in [6.07, 6.45) is 1.58. The zero-order valence-electron chi connectivity index (χ0n) is 11.9. The van der Waals surface area contributed by atoms with Crippen molar-refractivity contribution in [2.45, 2.75) is 0 Å². The maximum Gasteiger partial charge on any atom is 0.262 e. The third-order valence-corrected chi connectivity index (χ3v) is 3.58. The topological polar surface area (TPSA) is 96.1 Å². The molecule has 7 heteroatoms. The van der Waals surface area contributed by atoms with Gasteiger partial charge in [0.15, 0.2) is 6.61 Å². The van der Waals surface area contributed by atoms with Gasteiger partial charge in [0, 0.05) is 5.56 Å². The van der Waals surface area contributed by atoms with Crippen molar-refractivity contribution in [1.82, 2.24) is 9.97 Å².